The first-order valence-electron chi connectivity index (χ1n) is 5.89. The van der Waals surface area contributed by atoms with Gasteiger partial charge in [0.25, 0.3) is 5.91 Å². The minimum atomic E-state index is -0.0522. The molecule has 0 bridgehead atoms. The topological polar surface area (TPSA) is 38.3 Å². The molecule has 1 aliphatic rings. The van der Waals surface area contributed by atoms with Crippen LogP contribution in [0.1, 0.15) is 29.6 Å². The van der Waals surface area contributed by atoms with E-state index in [1.807, 2.05) is 6.07 Å². The van der Waals surface area contributed by atoms with Crippen molar-refractivity contribution in [2.24, 2.45) is 0 Å². The van der Waals surface area contributed by atoms with Crippen molar-refractivity contribution in [2.75, 3.05) is 7.11 Å². The van der Waals surface area contributed by atoms with Crippen LogP contribution in [0, 0.1) is 3.57 Å². The monoisotopic (exact) mass is 379 g/mol. The Labute approximate surface area is 125 Å². The Bertz CT molecular complexity index is 453. The highest BCUT2D eigenvalue weighted by Gasteiger charge is 2.26. The molecule has 5 heteroatoms. The summed E-state index contributed by atoms with van der Waals surface area (Å²) in [7, 11) is 1.72. The minimum Gasteiger partial charge on any atom is -0.381 e. The van der Waals surface area contributed by atoms with E-state index in [1.54, 1.807) is 19.2 Å². The molecule has 2 rings (SSSR count). The summed E-state index contributed by atoms with van der Waals surface area (Å²) in [5.41, 5.74) is 0.643. The zero-order valence-electron chi connectivity index (χ0n) is 10.1. The standard InChI is InChI=1S/C13H15ClINO2/c1-18-10-4-3-9(7-10)16-13(17)11-6-8(14)2-5-12(11)15/h2,5-6,9-10H,3-4,7H2,1H3,(H,16,17). The molecule has 98 valence electrons. The maximum absolute atomic E-state index is 12.2. The van der Waals surface area contributed by atoms with Crippen molar-refractivity contribution in [3.8, 4) is 0 Å². The Kier molecular flexibility index (Phi) is 4.86. The molecule has 1 N–H and O–H groups in total. The van der Waals surface area contributed by atoms with Crippen LogP contribution in [0.5, 0.6) is 0 Å². The van der Waals surface area contributed by atoms with Gasteiger partial charge in [-0.15, -0.1) is 0 Å². The predicted molar refractivity (Wildman–Crippen MR) is 80.1 cm³/mol. The van der Waals surface area contributed by atoms with Gasteiger partial charge in [-0.1, -0.05) is 11.6 Å². The van der Waals surface area contributed by atoms with Crippen LogP contribution < -0.4 is 5.32 Å². The number of ether oxygens (including phenoxy) is 1. The first-order chi connectivity index (χ1) is 8.60. The summed E-state index contributed by atoms with van der Waals surface area (Å²) in [6, 6.07) is 5.56. The lowest BCUT2D eigenvalue weighted by molar-refractivity contribution is 0.0914. The highest BCUT2D eigenvalue weighted by atomic mass is 127. The Hall–Kier alpha value is -0.330. The number of rotatable bonds is 3. The Morgan fingerprint density at radius 2 is 2.28 bits per heavy atom. The SMILES string of the molecule is COC1CCC(NC(=O)c2cc(Cl)ccc2I)C1. The molecule has 1 aromatic carbocycles. The lowest BCUT2D eigenvalue weighted by Crippen LogP contribution is -2.33. The summed E-state index contributed by atoms with van der Waals surface area (Å²) < 4.78 is 6.21. The van der Waals surface area contributed by atoms with Crippen molar-refractivity contribution >= 4 is 40.1 Å². The van der Waals surface area contributed by atoms with E-state index >= 15 is 0 Å². The van der Waals surface area contributed by atoms with Gasteiger partial charge in [0.15, 0.2) is 0 Å². The van der Waals surface area contributed by atoms with Crippen LogP contribution >= 0.6 is 34.2 Å². The molecular formula is C13H15ClINO2. The number of carbonyl (C=O) groups excluding carboxylic acids is 1. The van der Waals surface area contributed by atoms with E-state index in [9.17, 15) is 4.79 Å². The molecule has 1 saturated carbocycles. The van der Waals surface area contributed by atoms with E-state index in [-0.39, 0.29) is 18.1 Å². The minimum absolute atomic E-state index is 0.0522. The van der Waals surface area contributed by atoms with E-state index in [0.717, 1.165) is 22.8 Å². The molecule has 1 amide bonds. The number of nitrogens with one attached hydrogen (secondary N) is 1. The molecule has 1 aliphatic carbocycles. The van der Waals surface area contributed by atoms with Crippen LogP contribution in [-0.4, -0.2) is 25.2 Å². The van der Waals surface area contributed by atoms with Gasteiger partial charge < -0.3 is 10.1 Å². The molecule has 0 aromatic heterocycles. The van der Waals surface area contributed by atoms with Gasteiger partial charge in [-0.2, -0.15) is 0 Å². The summed E-state index contributed by atoms with van der Waals surface area (Å²) in [6.07, 6.45) is 3.14. The first-order valence-corrected chi connectivity index (χ1v) is 7.34. The number of hydrogen-bond donors (Lipinski definition) is 1. The number of amides is 1. The Morgan fingerprint density at radius 3 is 2.94 bits per heavy atom. The molecule has 0 aliphatic heterocycles. The van der Waals surface area contributed by atoms with E-state index in [2.05, 4.69) is 27.9 Å². The normalized spacial score (nSPS) is 23.1. The van der Waals surface area contributed by atoms with Crippen molar-refractivity contribution in [3.05, 3.63) is 32.4 Å². The maximum Gasteiger partial charge on any atom is 0.252 e. The Morgan fingerprint density at radius 1 is 1.50 bits per heavy atom. The molecule has 0 saturated heterocycles. The fourth-order valence-electron chi connectivity index (χ4n) is 2.22. The zero-order valence-corrected chi connectivity index (χ0v) is 13.0. The number of carbonyl (C=O) groups is 1. The summed E-state index contributed by atoms with van der Waals surface area (Å²) in [4.78, 5) is 12.2. The predicted octanol–water partition coefficient (Wildman–Crippen LogP) is 3.24. The molecule has 2 atom stereocenters. The molecule has 1 aromatic rings. The van der Waals surface area contributed by atoms with Crippen LogP contribution in [0.2, 0.25) is 5.02 Å². The highest BCUT2D eigenvalue weighted by Crippen LogP contribution is 2.23. The second-order valence-electron chi connectivity index (χ2n) is 4.47. The molecule has 3 nitrogen and oxygen atoms in total. The quantitative estimate of drug-likeness (QED) is 0.819. The molecule has 2 unspecified atom stereocenters. The van der Waals surface area contributed by atoms with Crippen LogP contribution in [0.25, 0.3) is 0 Å². The van der Waals surface area contributed by atoms with E-state index in [1.165, 1.54) is 0 Å². The smallest absolute Gasteiger partial charge is 0.252 e. The molecule has 0 radical (unpaired) electrons. The molecule has 18 heavy (non-hydrogen) atoms. The summed E-state index contributed by atoms with van der Waals surface area (Å²) in [6.45, 7) is 0. The molecule has 0 spiro atoms. The summed E-state index contributed by atoms with van der Waals surface area (Å²) in [5.74, 6) is -0.0522. The third-order valence-electron chi connectivity index (χ3n) is 3.23. The average Bonchev–Trinajstić information content (AvgIpc) is 2.80. The third-order valence-corrected chi connectivity index (χ3v) is 4.40. The molecule has 0 heterocycles. The van der Waals surface area contributed by atoms with Crippen LogP contribution in [0.15, 0.2) is 18.2 Å². The van der Waals surface area contributed by atoms with Gasteiger partial charge in [0.05, 0.1) is 11.7 Å². The van der Waals surface area contributed by atoms with E-state index in [0.29, 0.717) is 10.6 Å². The van der Waals surface area contributed by atoms with Crippen molar-refractivity contribution in [3.63, 3.8) is 0 Å². The summed E-state index contributed by atoms with van der Waals surface area (Å²) in [5, 5.41) is 3.63. The molecular weight excluding hydrogens is 365 g/mol. The average molecular weight is 380 g/mol. The van der Waals surface area contributed by atoms with E-state index < -0.39 is 0 Å². The summed E-state index contributed by atoms with van der Waals surface area (Å²) >= 11 is 8.07. The fraction of sp³-hybridized carbons (Fsp3) is 0.462. The number of halogens is 2. The van der Waals surface area contributed by atoms with Gasteiger partial charge >= 0.3 is 0 Å². The van der Waals surface area contributed by atoms with E-state index in [4.69, 9.17) is 16.3 Å². The Balaban J connectivity index is 2.02. The van der Waals surface area contributed by atoms with Gasteiger partial charge in [0.1, 0.15) is 0 Å². The van der Waals surface area contributed by atoms with Crippen LogP contribution in [0.3, 0.4) is 0 Å². The first kappa shape index (κ1) is 14.1. The number of hydrogen-bond acceptors (Lipinski definition) is 2. The van der Waals surface area contributed by atoms with Crippen molar-refractivity contribution in [1.29, 1.82) is 0 Å². The highest BCUT2D eigenvalue weighted by molar-refractivity contribution is 14.1. The fourth-order valence-corrected chi connectivity index (χ4v) is 2.97. The van der Waals surface area contributed by atoms with Gasteiger partial charge in [-0.05, 0) is 60.1 Å². The second-order valence-corrected chi connectivity index (χ2v) is 6.06. The van der Waals surface area contributed by atoms with Crippen LogP contribution in [0.4, 0.5) is 0 Å². The number of benzene rings is 1. The van der Waals surface area contributed by atoms with Gasteiger partial charge in [0, 0.05) is 21.7 Å². The maximum atomic E-state index is 12.2. The largest absolute Gasteiger partial charge is 0.381 e. The van der Waals surface area contributed by atoms with Crippen molar-refractivity contribution in [2.45, 2.75) is 31.4 Å². The number of methoxy groups -OCH3 is 1. The van der Waals surface area contributed by atoms with Gasteiger partial charge in [-0.3, -0.25) is 4.79 Å². The van der Waals surface area contributed by atoms with Crippen molar-refractivity contribution < 1.29 is 9.53 Å². The van der Waals surface area contributed by atoms with Crippen molar-refractivity contribution in [1.82, 2.24) is 5.32 Å². The lowest BCUT2D eigenvalue weighted by Gasteiger charge is -2.14. The lowest BCUT2D eigenvalue weighted by atomic mass is 10.2. The van der Waals surface area contributed by atoms with Gasteiger partial charge in [0.2, 0.25) is 0 Å². The third kappa shape index (κ3) is 3.36. The van der Waals surface area contributed by atoms with Crippen LogP contribution in [-0.2, 0) is 4.74 Å². The second kappa shape index (κ2) is 6.21. The molecule has 1 fully saturated rings. The van der Waals surface area contributed by atoms with Gasteiger partial charge in [-0.25, -0.2) is 0 Å². The zero-order chi connectivity index (χ0) is 13.1.